The molecule has 4 rings (SSSR count). The van der Waals surface area contributed by atoms with Crippen LogP contribution in [0.1, 0.15) is 10.7 Å². The Morgan fingerprint density at radius 3 is 2.70 bits per heavy atom. The predicted octanol–water partition coefficient (Wildman–Crippen LogP) is 5.55. The molecule has 0 amide bonds. The number of rotatable bonds is 5. The van der Waals surface area contributed by atoms with Gasteiger partial charge in [-0.1, -0.05) is 18.2 Å². The number of pyridine rings is 1. The molecule has 0 aliphatic rings. The second-order valence-corrected chi connectivity index (χ2v) is 7.34. The van der Waals surface area contributed by atoms with E-state index in [0.29, 0.717) is 16.3 Å². The van der Waals surface area contributed by atoms with Gasteiger partial charge in [0.2, 0.25) is 0 Å². The lowest BCUT2D eigenvalue weighted by molar-refractivity contribution is -0.384. The maximum absolute atomic E-state index is 10.8. The molecule has 0 atom stereocenters. The summed E-state index contributed by atoms with van der Waals surface area (Å²) < 4.78 is 0. The Bertz CT molecular complexity index is 1320. The van der Waals surface area contributed by atoms with Crippen molar-refractivity contribution in [3.8, 4) is 17.3 Å². The van der Waals surface area contributed by atoms with Gasteiger partial charge in [-0.25, -0.2) is 4.98 Å². The number of nitrogens with zero attached hydrogens (tertiary/aromatic N) is 4. The zero-order valence-electron chi connectivity index (χ0n) is 15.9. The number of aromatic nitrogens is 2. The molecule has 0 bridgehead atoms. The number of nitriles is 1. The zero-order valence-corrected chi connectivity index (χ0v) is 16.7. The lowest BCUT2D eigenvalue weighted by Crippen LogP contribution is -1.94. The van der Waals surface area contributed by atoms with Crippen molar-refractivity contribution in [2.75, 3.05) is 5.32 Å². The first-order chi connectivity index (χ1) is 14.5. The average Bonchev–Trinajstić information content (AvgIpc) is 3.24. The van der Waals surface area contributed by atoms with Crippen LogP contribution in [0.2, 0.25) is 0 Å². The van der Waals surface area contributed by atoms with Gasteiger partial charge in [0.25, 0.3) is 5.69 Å². The van der Waals surface area contributed by atoms with Crippen LogP contribution in [0, 0.1) is 28.4 Å². The fourth-order valence-electron chi connectivity index (χ4n) is 2.94. The van der Waals surface area contributed by atoms with E-state index in [1.807, 2.05) is 42.6 Å². The summed E-state index contributed by atoms with van der Waals surface area (Å²) in [5, 5.41) is 27.0. The Balaban J connectivity index is 1.61. The van der Waals surface area contributed by atoms with E-state index >= 15 is 0 Å². The summed E-state index contributed by atoms with van der Waals surface area (Å²) in [5.74, 6) is 0. The van der Waals surface area contributed by atoms with Gasteiger partial charge in [0.1, 0.15) is 16.6 Å². The molecule has 7 nitrogen and oxygen atoms in total. The number of hydrogen-bond acceptors (Lipinski definition) is 7. The van der Waals surface area contributed by atoms with Crippen molar-refractivity contribution < 1.29 is 4.92 Å². The Morgan fingerprint density at radius 2 is 1.97 bits per heavy atom. The van der Waals surface area contributed by atoms with Crippen LogP contribution in [-0.2, 0) is 0 Å². The Hall–Kier alpha value is -4.09. The van der Waals surface area contributed by atoms with Crippen LogP contribution in [0.25, 0.3) is 27.7 Å². The van der Waals surface area contributed by atoms with Gasteiger partial charge < -0.3 is 5.32 Å². The lowest BCUT2D eigenvalue weighted by Gasteiger charge is -2.06. The molecular formula is C22H15N5O2S. The third kappa shape index (κ3) is 3.87. The standard InChI is InChI=1S/C22H15N5O2S/c1-14-5-6-16-3-2-4-19(21(16)25-14)24-12-17(11-23)22-26-20(13-30-22)15-7-9-18(10-8-15)27(28)29/h2-10,12-13,24H,1H3. The third-order valence-corrected chi connectivity index (χ3v) is 5.34. The van der Waals surface area contributed by atoms with E-state index < -0.39 is 4.92 Å². The number of allylic oxidation sites excluding steroid dienone is 1. The van der Waals surface area contributed by atoms with E-state index in [2.05, 4.69) is 21.4 Å². The largest absolute Gasteiger partial charge is 0.359 e. The molecule has 2 aromatic heterocycles. The molecule has 8 heteroatoms. The molecule has 2 heterocycles. The molecule has 0 saturated carbocycles. The van der Waals surface area contributed by atoms with Crippen LogP contribution >= 0.6 is 11.3 Å². The number of fused-ring (bicyclic) bond motifs is 1. The number of non-ortho nitro benzene ring substituents is 1. The summed E-state index contributed by atoms with van der Waals surface area (Å²) in [6, 6.07) is 18.1. The summed E-state index contributed by atoms with van der Waals surface area (Å²) in [6.07, 6.45) is 1.62. The Kier molecular flexibility index (Phi) is 5.20. The van der Waals surface area contributed by atoms with Crippen molar-refractivity contribution in [3.63, 3.8) is 0 Å². The average molecular weight is 413 g/mol. The molecule has 0 unspecified atom stereocenters. The molecule has 0 spiro atoms. The van der Waals surface area contributed by atoms with Crippen molar-refractivity contribution in [2.45, 2.75) is 6.92 Å². The minimum Gasteiger partial charge on any atom is -0.359 e. The monoisotopic (exact) mass is 413 g/mol. The highest BCUT2D eigenvalue weighted by Crippen LogP contribution is 2.28. The molecule has 146 valence electrons. The van der Waals surface area contributed by atoms with Gasteiger partial charge in [-0.05, 0) is 31.2 Å². The smallest absolute Gasteiger partial charge is 0.269 e. The fraction of sp³-hybridized carbons (Fsp3) is 0.0455. The number of thiazole rings is 1. The van der Waals surface area contributed by atoms with Crippen molar-refractivity contribution in [2.24, 2.45) is 0 Å². The van der Waals surface area contributed by atoms with Gasteiger partial charge in [0.15, 0.2) is 0 Å². The van der Waals surface area contributed by atoms with Gasteiger partial charge in [0, 0.05) is 40.4 Å². The maximum atomic E-state index is 10.8. The van der Waals surface area contributed by atoms with Gasteiger partial charge in [-0.2, -0.15) is 5.26 Å². The number of para-hydroxylation sites is 1. The predicted molar refractivity (Wildman–Crippen MR) is 118 cm³/mol. The second kappa shape index (κ2) is 8.11. The van der Waals surface area contributed by atoms with Crippen molar-refractivity contribution in [1.82, 2.24) is 9.97 Å². The first kappa shape index (κ1) is 19.2. The number of anilines is 1. The molecule has 0 fully saturated rings. The SMILES string of the molecule is Cc1ccc2cccc(NC=C(C#N)c3nc(-c4ccc([N+](=O)[O-])cc4)cs3)c2n1. The molecule has 2 aromatic carbocycles. The summed E-state index contributed by atoms with van der Waals surface area (Å²) in [6.45, 7) is 1.93. The summed E-state index contributed by atoms with van der Waals surface area (Å²) in [4.78, 5) is 19.5. The highest BCUT2D eigenvalue weighted by molar-refractivity contribution is 7.11. The number of benzene rings is 2. The first-order valence-corrected chi connectivity index (χ1v) is 9.87. The lowest BCUT2D eigenvalue weighted by atomic mass is 10.1. The second-order valence-electron chi connectivity index (χ2n) is 6.49. The molecule has 0 radical (unpaired) electrons. The minimum atomic E-state index is -0.442. The fourth-order valence-corrected chi connectivity index (χ4v) is 3.73. The van der Waals surface area contributed by atoms with Crippen LogP contribution in [0.5, 0.6) is 0 Å². The molecule has 30 heavy (non-hydrogen) atoms. The number of nitro groups is 1. The van der Waals surface area contributed by atoms with Gasteiger partial charge in [-0.15, -0.1) is 11.3 Å². The molecule has 0 saturated heterocycles. The van der Waals surface area contributed by atoms with Gasteiger partial charge in [0.05, 0.1) is 21.8 Å². The number of nitrogens with one attached hydrogen (secondary N) is 1. The van der Waals surface area contributed by atoms with Crippen LogP contribution in [0.4, 0.5) is 11.4 Å². The highest BCUT2D eigenvalue weighted by Gasteiger charge is 2.11. The molecular weight excluding hydrogens is 398 g/mol. The van der Waals surface area contributed by atoms with E-state index in [-0.39, 0.29) is 5.69 Å². The zero-order chi connectivity index (χ0) is 21.1. The summed E-state index contributed by atoms with van der Waals surface area (Å²) >= 11 is 1.34. The van der Waals surface area contributed by atoms with E-state index in [4.69, 9.17) is 0 Å². The third-order valence-electron chi connectivity index (χ3n) is 4.46. The summed E-state index contributed by atoms with van der Waals surface area (Å²) in [5.41, 5.74) is 4.37. The topological polar surface area (TPSA) is 105 Å². The minimum absolute atomic E-state index is 0.0231. The van der Waals surface area contributed by atoms with Crippen LogP contribution in [0.15, 0.2) is 66.2 Å². The van der Waals surface area contributed by atoms with Crippen molar-refractivity contribution in [3.05, 3.63) is 87.0 Å². The van der Waals surface area contributed by atoms with E-state index in [1.54, 1.807) is 18.3 Å². The Labute approximate surface area is 176 Å². The van der Waals surface area contributed by atoms with Crippen LogP contribution in [0.3, 0.4) is 0 Å². The highest BCUT2D eigenvalue weighted by atomic mass is 32.1. The molecule has 4 aromatic rings. The van der Waals surface area contributed by atoms with E-state index in [9.17, 15) is 15.4 Å². The van der Waals surface area contributed by atoms with E-state index in [0.717, 1.165) is 27.8 Å². The quantitative estimate of drug-likeness (QED) is 0.261. The Morgan fingerprint density at radius 1 is 1.17 bits per heavy atom. The number of nitro benzene ring substituents is 1. The normalized spacial score (nSPS) is 11.3. The van der Waals surface area contributed by atoms with Crippen molar-refractivity contribution in [1.29, 1.82) is 5.26 Å². The summed E-state index contributed by atoms with van der Waals surface area (Å²) in [7, 11) is 0. The van der Waals surface area contributed by atoms with Crippen LogP contribution in [-0.4, -0.2) is 14.9 Å². The molecule has 0 aliphatic carbocycles. The van der Waals surface area contributed by atoms with Crippen LogP contribution < -0.4 is 5.32 Å². The van der Waals surface area contributed by atoms with Crippen molar-refractivity contribution >= 4 is 39.2 Å². The number of aryl methyl sites for hydroxylation is 1. The molecule has 0 aliphatic heterocycles. The molecule has 1 N–H and O–H groups in total. The van der Waals surface area contributed by atoms with Gasteiger partial charge >= 0.3 is 0 Å². The first-order valence-electron chi connectivity index (χ1n) is 8.99. The number of hydrogen-bond donors (Lipinski definition) is 1. The van der Waals surface area contributed by atoms with Gasteiger partial charge in [-0.3, -0.25) is 15.1 Å². The maximum Gasteiger partial charge on any atom is 0.269 e. The van der Waals surface area contributed by atoms with E-state index in [1.165, 1.54) is 23.5 Å².